The van der Waals surface area contributed by atoms with E-state index in [2.05, 4.69) is 0 Å². The van der Waals surface area contributed by atoms with Crippen LogP contribution in [0.4, 0.5) is 0 Å². The fraction of sp³-hybridized carbons (Fsp3) is 0. The molecule has 0 aliphatic heterocycles. The Labute approximate surface area is 46.9 Å². The molecule has 0 aromatic rings. The molecule has 3 nitrogen and oxygen atoms in total. The minimum Gasteiger partial charge on any atom is -2.00 e. The van der Waals surface area contributed by atoms with Gasteiger partial charge >= 0.3 is 19.5 Å². The molecule has 0 amide bonds. The van der Waals surface area contributed by atoms with Gasteiger partial charge in [-0.25, -0.2) is 0 Å². The van der Waals surface area contributed by atoms with Gasteiger partial charge < -0.3 is 14.6 Å². The van der Waals surface area contributed by atoms with Crippen molar-refractivity contribution >= 4 is 12.3 Å². The Kier molecular flexibility index (Phi) is 71.1. The van der Waals surface area contributed by atoms with Crippen LogP contribution in [0.25, 0.3) is 0 Å². The van der Waals surface area contributed by atoms with E-state index in [0.717, 1.165) is 0 Å². The summed E-state index contributed by atoms with van der Waals surface area (Å²) >= 11 is -0.250. The minimum absolute atomic E-state index is 0. The zero-order valence-electron chi connectivity index (χ0n) is 2.42. The van der Waals surface area contributed by atoms with Gasteiger partial charge in [-0.05, 0) is 0 Å². The number of rotatable bonds is 0. The van der Waals surface area contributed by atoms with Crippen molar-refractivity contribution in [1.82, 2.24) is 0 Å². The van der Waals surface area contributed by atoms with Crippen LogP contribution in [0.2, 0.25) is 0 Å². The number of hydrogen-bond donors (Lipinski definition) is 2. The second-order valence-corrected chi connectivity index (χ2v) is 0.245. The van der Waals surface area contributed by atoms with Crippen molar-refractivity contribution in [3.8, 4) is 0 Å². The Morgan fingerprint density at radius 3 is 1.20 bits per heavy atom. The molecule has 2 N–H and O–H groups in total. The third-order valence-corrected chi connectivity index (χ3v) is 0. The van der Waals surface area contributed by atoms with E-state index >= 15 is 0 Å². The predicted octanol–water partition coefficient (Wildman–Crippen LogP) is 0.544. The maximum Gasteiger partial charge on any atom is 2.00 e. The fourth-order valence-corrected chi connectivity index (χ4v) is 0. The van der Waals surface area contributed by atoms with Gasteiger partial charge in [-0.2, -0.15) is 0 Å². The molecule has 0 aliphatic carbocycles. The fourth-order valence-electron chi connectivity index (χ4n) is 0. The van der Waals surface area contributed by atoms with Gasteiger partial charge in [0.1, 0.15) is 0 Å². The van der Waals surface area contributed by atoms with Crippen LogP contribution in [-0.4, -0.2) is 9.11 Å². The molecule has 0 radical (unpaired) electrons. The molecule has 0 fully saturated rings. The Morgan fingerprint density at radius 1 is 1.20 bits per heavy atom. The van der Waals surface area contributed by atoms with Gasteiger partial charge in [0.2, 0.25) is 0 Å². The second kappa shape index (κ2) is 21.0. The normalized spacial score (nSPS) is 3.60. The van der Waals surface area contributed by atoms with Crippen LogP contribution in [0.3, 0.4) is 0 Å². The molecular formula is H2O3SZn. The maximum atomic E-state index is 7.04. The van der Waals surface area contributed by atoms with E-state index in [9.17, 15) is 0 Å². The summed E-state index contributed by atoms with van der Waals surface area (Å²) in [4.78, 5) is 0. The Morgan fingerprint density at radius 2 is 1.20 bits per heavy atom. The molecule has 0 saturated carbocycles. The quantitative estimate of drug-likeness (QED) is 0.388. The van der Waals surface area contributed by atoms with Crippen molar-refractivity contribution in [2.75, 3.05) is 0 Å². The first-order valence-corrected chi connectivity index (χ1v) is 1.10. The van der Waals surface area contributed by atoms with Crippen molar-refractivity contribution in [3.63, 3.8) is 0 Å². The molecule has 0 bridgehead atoms. The molecule has 5 heteroatoms. The van der Waals surface area contributed by atoms with Gasteiger partial charge in [-0.3, -0.25) is 0 Å². The zero-order valence-corrected chi connectivity index (χ0v) is 6.20. The van der Waals surface area contributed by atoms with Crippen molar-refractivity contribution in [2.24, 2.45) is 0 Å². The van der Waals surface area contributed by atoms with E-state index in [1.807, 2.05) is 0 Å². The Balaban J connectivity index is -0.0000000200. The molecule has 0 rings (SSSR count). The van der Waals surface area contributed by atoms with Crippen LogP contribution in [0.5, 0.6) is 0 Å². The van der Waals surface area contributed by atoms with Gasteiger partial charge in [-0.15, -0.1) is 0 Å². The molecule has 0 heterocycles. The molecule has 0 aromatic carbocycles. The van der Waals surface area contributed by atoms with Gasteiger partial charge in [0.25, 0.3) is 0 Å². The summed E-state index contributed by atoms with van der Waals surface area (Å²) in [6, 6.07) is 0. The first-order valence-electron chi connectivity index (χ1n) is 0.365. The summed E-state index contributed by atoms with van der Waals surface area (Å²) in [5, 5.41) is 0. The van der Waals surface area contributed by atoms with E-state index in [-0.39, 0.29) is 37.3 Å². The van der Waals surface area contributed by atoms with Crippen LogP contribution in [0, 0.1) is 0 Å². The van der Waals surface area contributed by atoms with Crippen molar-refractivity contribution in [2.45, 2.75) is 0 Å². The summed E-state index contributed by atoms with van der Waals surface area (Å²) in [5.74, 6) is 0. The van der Waals surface area contributed by atoms with Gasteiger partial charge in [0.05, 0.1) is 0 Å². The van der Waals surface area contributed by atoms with Gasteiger partial charge in [0, 0.05) is 0 Å². The first kappa shape index (κ1) is 16.9. The summed E-state index contributed by atoms with van der Waals surface area (Å²) in [5.41, 5.74) is 0. The zero-order chi connectivity index (χ0) is 2.71. The Bertz CT molecular complexity index is 6.85. The summed E-state index contributed by atoms with van der Waals surface area (Å²) < 4.78 is 14.1. The monoisotopic (exact) mass is 146 g/mol. The molecule has 0 unspecified atom stereocenters. The van der Waals surface area contributed by atoms with Gasteiger partial charge in [0.15, 0.2) is 12.3 Å². The van der Waals surface area contributed by atoms with Crippen LogP contribution < -0.4 is 0 Å². The van der Waals surface area contributed by atoms with E-state index < -0.39 is 0 Å². The van der Waals surface area contributed by atoms with E-state index in [0.29, 0.717) is 0 Å². The second-order valence-electron chi connectivity index (χ2n) is 0.0816. The van der Waals surface area contributed by atoms with Crippen molar-refractivity contribution < 1.29 is 34.1 Å². The van der Waals surface area contributed by atoms with Crippen LogP contribution in [0.1, 0.15) is 0 Å². The predicted molar refractivity (Wildman–Crippen MR) is 13.5 cm³/mol. The van der Waals surface area contributed by atoms with Gasteiger partial charge in [-0.1, -0.05) is 0 Å². The van der Waals surface area contributed by atoms with Crippen LogP contribution in [-0.2, 0) is 25.0 Å². The summed E-state index contributed by atoms with van der Waals surface area (Å²) in [7, 11) is 0. The van der Waals surface area contributed by atoms with E-state index in [4.69, 9.17) is 9.11 Å². The molecule has 0 saturated heterocycles. The van der Waals surface area contributed by atoms with Crippen molar-refractivity contribution in [1.29, 1.82) is 0 Å². The summed E-state index contributed by atoms with van der Waals surface area (Å²) in [6.45, 7) is 0. The topological polar surface area (TPSA) is 69.0 Å². The minimum atomic E-state index is -0.250. The molecular weight excluding hydrogens is 145 g/mol. The van der Waals surface area contributed by atoms with Crippen LogP contribution in [0.15, 0.2) is 0 Å². The molecule has 5 heavy (non-hydrogen) atoms. The number of hydrogen-bond acceptors (Lipinski definition) is 3. The third kappa shape index (κ3) is 54.3. The average molecular weight is 147 g/mol. The maximum absolute atomic E-state index is 7.04. The largest absolute Gasteiger partial charge is 2.00 e. The van der Waals surface area contributed by atoms with E-state index in [1.54, 1.807) is 0 Å². The van der Waals surface area contributed by atoms with E-state index in [1.165, 1.54) is 0 Å². The molecule has 0 aromatic heterocycles. The van der Waals surface area contributed by atoms with Crippen LogP contribution >= 0.6 is 12.3 Å². The first-order chi connectivity index (χ1) is 1.41. The molecule has 0 aliphatic rings. The third-order valence-electron chi connectivity index (χ3n) is 0. The molecule has 28 valence electrons. The standard InChI is InChI=1S/H2O2S.O.Zn/c1-3-2;;/h1-2H;;/q;-2;+2. The smallest absolute Gasteiger partial charge is 2.00 e. The molecule has 0 spiro atoms. The molecule has 0 atom stereocenters. The average Bonchev–Trinajstić information content (AvgIpc) is 0.918. The Hall–Kier alpha value is 0.853. The SMILES string of the molecule is OSO.[O-2].[Zn+2]. The van der Waals surface area contributed by atoms with Crippen molar-refractivity contribution in [3.05, 3.63) is 0 Å². The summed E-state index contributed by atoms with van der Waals surface area (Å²) in [6.07, 6.45) is 0.